The van der Waals surface area contributed by atoms with Crippen LogP contribution >= 0.6 is 0 Å². The minimum absolute atomic E-state index is 0.0295. The molecule has 13 heavy (non-hydrogen) atoms. The van der Waals surface area contributed by atoms with Crippen LogP contribution in [0.15, 0.2) is 24.3 Å². The number of amides is 1. The standard InChI is InChI=1S/C9H10NO.CH3.Sn/c1-8(11)10-7-9-5-3-2-4-6-9;;/h2-3,5-6H,7H2,1H3,(H,10,11);1H3;. The zero-order valence-corrected chi connectivity index (χ0v) is 10.8. The van der Waals surface area contributed by atoms with Crippen LogP contribution in [0.2, 0.25) is 4.94 Å². The van der Waals surface area contributed by atoms with Gasteiger partial charge in [-0.25, -0.2) is 0 Å². The predicted octanol–water partition coefficient (Wildman–Crippen LogP) is 0.700. The number of rotatable bonds is 3. The number of nitrogens with one attached hydrogen (secondary N) is 1. The van der Waals surface area contributed by atoms with Crippen molar-refractivity contribution in [1.29, 1.82) is 0 Å². The van der Waals surface area contributed by atoms with Crippen molar-refractivity contribution >= 4 is 30.6 Å². The summed E-state index contributed by atoms with van der Waals surface area (Å²) in [7, 11) is 0. The van der Waals surface area contributed by atoms with Crippen LogP contribution in [0.3, 0.4) is 0 Å². The van der Waals surface area contributed by atoms with Crippen LogP contribution in [0.5, 0.6) is 0 Å². The van der Waals surface area contributed by atoms with Crippen molar-refractivity contribution in [3.05, 3.63) is 29.8 Å². The van der Waals surface area contributed by atoms with Gasteiger partial charge in [0.1, 0.15) is 0 Å². The molecule has 2 radical (unpaired) electrons. The van der Waals surface area contributed by atoms with Gasteiger partial charge in [0.05, 0.1) is 0 Å². The molecule has 2 nitrogen and oxygen atoms in total. The molecule has 0 saturated carbocycles. The summed E-state index contributed by atoms with van der Waals surface area (Å²) in [5.74, 6) is 0.0295. The number of carbonyl (C=O) groups excluding carboxylic acids is 1. The van der Waals surface area contributed by atoms with Gasteiger partial charge in [-0.3, -0.25) is 0 Å². The van der Waals surface area contributed by atoms with Gasteiger partial charge in [0.15, 0.2) is 0 Å². The molecule has 1 N–H and O–H groups in total. The van der Waals surface area contributed by atoms with Crippen LogP contribution in [-0.2, 0) is 11.3 Å². The third-order valence-corrected chi connectivity index (χ3v) is 4.29. The molecule has 0 saturated heterocycles. The van der Waals surface area contributed by atoms with E-state index in [4.69, 9.17) is 0 Å². The maximum atomic E-state index is 10.7. The van der Waals surface area contributed by atoms with Crippen LogP contribution in [-0.4, -0.2) is 27.0 Å². The number of hydrogen-bond donors (Lipinski definition) is 1. The first kappa shape index (κ1) is 10.6. The van der Waals surface area contributed by atoms with E-state index in [0.29, 0.717) is 6.54 Å². The van der Waals surface area contributed by atoms with Gasteiger partial charge in [-0.1, -0.05) is 0 Å². The second kappa shape index (κ2) is 5.27. The van der Waals surface area contributed by atoms with Gasteiger partial charge in [-0.05, 0) is 0 Å². The van der Waals surface area contributed by atoms with Crippen molar-refractivity contribution in [2.45, 2.75) is 18.4 Å². The Morgan fingerprint density at radius 2 is 2.31 bits per heavy atom. The number of benzene rings is 1. The first-order valence-electron chi connectivity index (χ1n) is 4.23. The first-order valence-corrected chi connectivity index (χ1v) is 8.51. The summed E-state index contributed by atoms with van der Waals surface area (Å²) in [5, 5.41) is 2.79. The van der Waals surface area contributed by atoms with Crippen molar-refractivity contribution in [1.82, 2.24) is 5.32 Å². The third-order valence-electron chi connectivity index (χ3n) is 1.76. The average Bonchev–Trinajstić information content (AvgIpc) is 2.15. The SMILES string of the molecule is [CH3][Sn][c]1cccc(CNC(C)=O)c1. The molecule has 0 aliphatic carbocycles. The van der Waals surface area contributed by atoms with Crippen LogP contribution in [0.4, 0.5) is 0 Å². The van der Waals surface area contributed by atoms with Crippen LogP contribution in [0.1, 0.15) is 12.5 Å². The van der Waals surface area contributed by atoms with Gasteiger partial charge in [0.25, 0.3) is 0 Å². The summed E-state index contributed by atoms with van der Waals surface area (Å²) in [4.78, 5) is 13.0. The Bertz CT molecular complexity index is 299. The van der Waals surface area contributed by atoms with E-state index >= 15 is 0 Å². The first-order chi connectivity index (χ1) is 6.22. The van der Waals surface area contributed by atoms with Gasteiger partial charge >= 0.3 is 89.0 Å². The monoisotopic (exact) mass is 283 g/mol. The molecule has 0 aliphatic heterocycles. The minimum atomic E-state index is -0.329. The van der Waals surface area contributed by atoms with E-state index in [-0.39, 0.29) is 27.0 Å². The van der Waals surface area contributed by atoms with E-state index in [1.165, 1.54) is 9.14 Å². The Morgan fingerprint density at radius 1 is 1.54 bits per heavy atom. The van der Waals surface area contributed by atoms with Gasteiger partial charge in [0.2, 0.25) is 0 Å². The van der Waals surface area contributed by atoms with Gasteiger partial charge in [0, 0.05) is 0 Å². The summed E-state index contributed by atoms with van der Waals surface area (Å²) in [6.45, 7) is 2.20. The molecule has 68 valence electrons. The van der Waals surface area contributed by atoms with Crippen LogP contribution in [0, 0.1) is 0 Å². The second-order valence-corrected chi connectivity index (χ2v) is 5.93. The summed E-state index contributed by atoms with van der Waals surface area (Å²) in [6, 6.07) is 8.48. The Hall–Kier alpha value is -0.511. The fraction of sp³-hybridized carbons (Fsp3) is 0.300. The van der Waals surface area contributed by atoms with E-state index in [9.17, 15) is 4.79 Å². The van der Waals surface area contributed by atoms with Crippen molar-refractivity contribution in [3.8, 4) is 0 Å². The third kappa shape index (κ3) is 3.80. The van der Waals surface area contributed by atoms with Crippen molar-refractivity contribution in [2.24, 2.45) is 0 Å². The van der Waals surface area contributed by atoms with E-state index in [1.807, 2.05) is 0 Å². The molecule has 0 aromatic heterocycles. The maximum absolute atomic E-state index is 10.7. The van der Waals surface area contributed by atoms with E-state index in [0.717, 1.165) is 0 Å². The number of carbonyl (C=O) groups is 1. The molecule has 1 amide bonds. The molecule has 0 fully saturated rings. The fourth-order valence-electron chi connectivity index (χ4n) is 1.06. The zero-order valence-electron chi connectivity index (χ0n) is 7.92. The second-order valence-electron chi connectivity index (χ2n) is 2.86. The zero-order chi connectivity index (χ0) is 9.68. The molecule has 0 atom stereocenters. The average molecular weight is 282 g/mol. The summed E-state index contributed by atoms with van der Waals surface area (Å²) < 4.78 is 1.48. The Kier molecular flexibility index (Phi) is 4.28. The quantitative estimate of drug-likeness (QED) is 0.812. The van der Waals surface area contributed by atoms with E-state index in [2.05, 4.69) is 34.5 Å². The molecular weight excluding hydrogens is 269 g/mol. The summed E-state index contributed by atoms with van der Waals surface area (Å²) in [5.41, 5.74) is 1.20. The molecule has 0 spiro atoms. The topological polar surface area (TPSA) is 29.1 Å². The molecule has 0 bridgehead atoms. The number of hydrogen-bond acceptors (Lipinski definition) is 1. The normalized spacial score (nSPS) is 9.69. The Morgan fingerprint density at radius 3 is 2.92 bits per heavy atom. The molecular formula is C10H13NOSn. The van der Waals surface area contributed by atoms with Gasteiger partial charge < -0.3 is 0 Å². The van der Waals surface area contributed by atoms with E-state index in [1.54, 1.807) is 6.92 Å². The molecule has 1 aromatic rings. The van der Waals surface area contributed by atoms with Gasteiger partial charge in [-0.2, -0.15) is 0 Å². The van der Waals surface area contributed by atoms with E-state index < -0.39 is 0 Å². The van der Waals surface area contributed by atoms with Crippen molar-refractivity contribution in [3.63, 3.8) is 0 Å². The fourth-order valence-corrected chi connectivity index (χ4v) is 2.75. The molecule has 0 aliphatic rings. The van der Waals surface area contributed by atoms with Crippen molar-refractivity contribution < 1.29 is 4.79 Å². The summed E-state index contributed by atoms with van der Waals surface area (Å²) in [6.07, 6.45) is 0. The molecule has 1 aromatic carbocycles. The molecule has 1 rings (SSSR count). The molecule has 0 heterocycles. The Labute approximate surface area is 88.9 Å². The van der Waals surface area contributed by atoms with Crippen molar-refractivity contribution in [2.75, 3.05) is 0 Å². The van der Waals surface area contributed by atoms with Gasteiger partial charge in [-0.15, -0.1) is 0 Å². The van der Waals surface area contributed by atoms with Crippen LogP contribution in [0.25, 0.3) is 0 Å². The Balaban J connectivity index is 2.61. The summed E-state index contributed by atoms with van der Waals surface area (Å²) >= 11 is -0.329. The molecule has 3 heteroatoms. The predicted molar refractivity (Wildman–Crippen MR) is 55.2 cm³/mol. The molecule has 0 unspecified atom stereocenters. The van der Waals surface area contributed by atoms with Crippen LogP contribution < -0.4 is 8.90 Å².